The molecule has 124 valence electrons. The van der Waals surface area contributed by atoms with Gasteiger partial charge in [0.2, 0.25) is 0 Å². The molecule has 0 bridgehead atoms. The van der Waals surface area contributed by atoms with Gasteiger partial charge in [0.15, 0.2) is 6.10 Å². The number of benzene rings is 2. The van der Waals surface area contributed by atoms with E-state index in [0.717, 1.165) is 16.7 Å². The predicted octanol–water partition coefficient (Wildman–Crippen LogP) is 3.95. The zero-order valence-electron chi connectivity index (χ0n) is 13.9. The Labute approximate surface area is 141 Å². The first-order chi connectivity index (χ1) is 11.6. The van der Waals surface area contributed by atoms with Gasteiger partial charge in [0.25, 0.3) is 5.91 Å². The lowest BCUT2D eigenvalue weighted by Crippen LogP contribution is -2.42. The lowest BCUT2D eigenvalue weighted by molar-refractivity contribution is -0.127. The first-order valence-electron chi connectivity index (χ1n) is 8.11. The number of ether oxygens (including phenoxy) is 1. The number of hydrogen-bond donors (Lipinski definition) is 1. The molecule has 4 heteroatoms. The Balaban J connectivity index is 1.55. The average molecular weight is 323 g/mol. The van der Waals surface area contributed by atoms with Crippen LogP contribution in [0.3, 0.4) is 0 Å². The van der Waals surface area contributed by atoms with Gasteiger partial charge in [0.1, 0.15) is 17.1 Å². The van der Waals surface area contributed by atoms with Crippen molar-refractivity contribution < 1.29 is 13.9 Å². The van der Waals surface area contributed by atoms with Gasteiger partial charge in [0.05, 0.1) is 0 Å². The van der Waals surface area contributed by atoms with Crippen molar-refractivity contribution in [2.24, 2.45) is 0 Å². The molecule has 0 radical (unpaired) electrons. The molecule has 3 aromatic rings. The number of carbonyl (C=O) groups is 1. The summed E-state index contributed by atoms with van der Waals surface area (Å²) >= 11 is 0. The highest BCUT2D eigenvalue weighted by Gasteiger charge is 2.18. The van der Waals surface area contributed by atoms with Gasteiger partial charge in [0, 0.05) is 17.8 Å². The Hall–Kier alpha value is -2.75. The molecule has 1 aromatic heterocycles. The molecule has 0 aliphatic rings. The van der Waals surface area contributed by atoms with Crippen molar-refractivity contribution in [2.75, 3.05) is 0 Å². The molecule has 0 aliphatic carbocycles. The van der Waals surface area contributed by atoms with E-state index in [1.165, 1.54) is 0 Å². The zero-order valence-corrected chi connectivity index (χ0v) is 13.9. The van der Waals surface area contributed by atoms with Gasteiger partial charge in [-0.1, -0.05) is 36.4 Å². The zero-order chi connectivity index (χ0) is 16.9. The van der Waals surface area contributed by atoms with E-state index in [-0.39, 0.29) is 11.9 Å². The molecule has 4 nitrogen and oxygen atoms in total. The third-order valence-corrected chi connectivity index (χ3v) is 3.80. The fourth-order valence-corrected chi connectivity index (χ4v) is 2.61. The number of hydrogen-bond acceptors (Lipinski definition) is 3. The predicted molar refractivity (Wildman–Crippen MR) is 94.1 cm³/mol. The minimum Gasteiger partial charge on any atom is -0.481 e. The number of amides is 1. The molecular weight excluding hydrogens is 302 g/mol. The smallest absolute Gasteiger partial charge is 0.260 e. The largest absolute Gasteiger partial charge is 0.481 e. The van der Waals surface area contributed by atoms with Crippen LogP contribution in [-0.4, -0.2) is 18.1 Å². The van der Waals surface area contributed by atoms with Crippen molar-refractivity contribution in [1.82, 2.24) is 5.32 Å². The summed E-state index contributed by atoms with van der Waals surface area (Å²) in [4.78, 5) is 12.3. The van der Waals surface area contributed by atoms with Gasteiger partial charge in [-0.3, -0.25) is 4.79 Å². The second-order valence-corrected chi connectivity index (χ2v) is 5.94. The van der Waals surface area contributed by atoms with Crippen LogP contribution in [0.15, 0.2) is 65.1 Å². The van der Waals surface area contributed by atoms with Crippen LogP contribution in [-0.2, 0) is 11.2 Å². The Morgan fingerprint density at radius 1 is 1.08 bits per heavy atom. The SMILES string of the molecule is C[C@@H](Cc1cc2ccccc2o1)NC(=O)[C@@H](C)Oc1ccccc1. The summed E-state index contributed by atoms with van der Waals surface area (Å²) in [5.74, 6) is 1.41. The van der Waals surface area contributed by atoms with Gasteiger partial charge >= 0.3 is 0 Å². The number of nitrogens with one attached hydrogen (secondary N) is 1. The monoisotopic (exact) mass is 323 g/mol. The van der Waals surface area contributed by atoms with Crippen LogP contribution in [0.4, 0.5) is 0 Å². The Morgan fingerprint density at radius 2 is 1.79 bits per heavy atom. The van der Waals surface area contributed by atoms with E-state index in [1.54, 1.807) is 6.92 Å². The van der Waals surface area contributed by atoms with Crippen LogP contribution >= 0.6 is 0 Å². The molecule has 1 heterocycles. The van der Waals surface area contributed by atoms with Crippen molar-refractivity contribution in [3.63, 3.8) is 0 Å². The number of furan rings is 1. The van der Waals surface area contributed by atoms with E-state index in [1.807, 2.05) is 67.6 Å². The van der Waals surface area contributed by atoms with Crippen LogP contribution in [0.5, 0.6) is 5.75 Å². The summed E-state index contributed by atoms with van der Waals surface area (Å²) in [6.45, 7) is 3.70. The van der Waals surface area contributed by atoms with E-state index in [2.05, 4.69) is 5.32 Å². The first-order valence-corrected chi connectivity index (χ1v) is 8.11. The molecule has 1 N–H and O–H groups in total. The number of rotatable bonds is 6. The molecule has 1 amide bonds. The van der Waals surface area contributed by atoms with Crippen molar-refractivity contribution >= 4 is 16.9 Å². The van der Waals surface area contributed by atoms with Crippen molar-refractivity contribution in [1.29, 1.82) is 0 Å². The second-order valence-electron chi connectivity index (χ2n) is 5.94. The van der Waals surface area contributed by atoms with Gasteiger partial charge in [-0.2, -0.15) is 0 Å². The molecular formula is C20H21NO3. The van der Waals surface area contributed by atoms with Crippen molar-refractivity contribution in [2.45, 2.75) is 32.4 Å². The third-order valence-electron chi connectivity index (χ3n) is 3.80. The van der Waals surface area contributed by atoms with Gasteiger partial charge in [-0.25, -0.2) is 0 Å². The van der Waals surface area contributed by atoms with E-state index in [9.17, 15) is 4.79 Å². The summed E-state index contributed by atoms with van der Waals surface area (Å²) in [6, 6.07) is 19.2. The number of para-hydroxylation sites is 2. The highest BCUT2D eigenvalue weighted by atomic mass is 16.5. The highest BCUT2D eigenvalue weighted by molar-refractivity contribution is 5.81. The maximum Gasteiger partial charge on any atom is 0.260 e. The molecule has 0 saturated carbocycles. The van der Waals surface area contributed by atoms with Gasteiger partial charge in [-0.05, 0) is 38.1 Å². The molecule has 0 saturated heterocycles. The minimum atomic E-state index is -0.550. The first kappa shape index (κ1) is 16.1. The fraction of sp³-hybridized carbons (Fsp3) is 0.250. The molecule has 2 aromatic carbocycles. The summed E-state index contributed by atoms with van der Waals surface area (Å²) < 4.78 is 11.4. The summed E-state index contributed by atoms with van der Waals surface area (Å²) in [7, 11) is 0. The minimum absolute atomic E-state index is 0.0418. The molecule has 2 atom stereocenters. The molecule has 24 heavy (non-hydrogen) atoms. The van der Waals surface area contributed by atoms with E-state index < -0.39 is 6.10 Å². The number of carbonyl (C=O) groups excluding carboxylic acids is 1. The van der Waals surface area contributed by atoms with E-state index in [4.69, 9.17) is 9.15 Å². The summed E-state index contributed by atoms with van der Waals surface area (Å²) in [5.41, 5.74) is 0.867. The van der Waals surface area contributed by atoms with E-state index in [0.29, 0.717) is 12.2 Å². The van der Waals surface area contributed by atoms with Crippen LogP contribution in [0.1, 0.15) is 19.6 Å². The van der Waals surface area contributed by atoms with Crippen molar-refractivity contribution in [3.05, 3.63) is 66.4 Å². The molecule has 3 rings (SSSR count). The van der Waals surface area contributed by atoms with E-state index >= 15 is 0 Å². The fourth-order valence-electron chi connectivity index (χ4n) is 2.61. The van der Waals surface area contributed by atoms with Crippen LogP contribution < -0.4 is 10.1 Å². The Kier molecular flexibility index (Phi) is 4.85. The van der Waals surface area contributed by atoms with Crippen LogP contribution in [0, 0.1) is 0 Å². The maximum absolute atomic E-state index is 12.3. The third kappa shape index (κ3) is 3.96. The maximum atomic E-state index is 12.3. The Morgan fingerprint density at radius 3 is 2.54 bits per heavy atom. The Bertz CT molecular complexity index is 777. The lowest BCUT2D eigenvalue weighted by atomic mass is 10.1. The van der Waals surface area contributed by atoms with Gasteiger partial charge in [-0.15, -0.1) is 0 Å². The average Bonchev–Trinajstić information content (AvgIpc) is 2.97. The summed E-state index contributed by atoms with van der Waals surface area (Å²) in [5, 5.41) is 4.04. The normalized spacial score (nSPS) is 13.4. The lowest BCUT2D eigenvalue weighted by Gasteiger charge is -2.18. The molecule has 0 fully saturated rings. The van der Waals surface area contributed by atoms with Crippen LogP contribution in [0.2, 0.25) is 0 Å². The standard InChI is InChI=1S/C20H21NO3/c1-14(12-18-13-16-8-6-7-11-19(16)24-18)21-20(22)15(2)23-17-9-4-3-5-10-17/h3-11,13-15H,12H2,1-2H3,(H,21,22)/t14-,15+/m0/s1. The second kappa shape index (κ2) is 7.21. The highest BCUT2D eigenvalue weighted by Crippen LogP contribution is 2.19. The summed E-state index contributed by atoms with van der Waals surface area (Å²) in [6.07, 6.45) is 0.0869. The quantitative estimate of drug-likeness (QED) is 0.747. The van der Waals surface area contributed by atoms with Gasteiger partial charge < -0.3 is 14.5 Å². The topological polar surface area (TPSA) is 51.5 Å². The van der Waals surface area contributed by atoms with Crippen molar-refractivity contribution in [3.8, 4) is 5.75 Å². The molecule has 0 spiro atoms. The molecule has 0 unspecified atom stereocenters. The number of fused-ring (bicyclic) bond motifs is 1. The van der Waals surface area contributed by atoms with Crippen LogP contribution in [0.25, 0.3) is 11.0 Å². The molecule has 0 aliphatic heterocycles.